The third-order valence-electron chi connectivity index (χ3n) is 2.29. The highest BCUT2D eigenvalue weighted by Crippen LogP contribution is 2.27. The molecular formula is C11H14N2O4S. The minimum Gasteiger partial charge on any atom is -0.480 e. The van der Waals surface area contributed by atoms with E-state index in [-0.39, 0.29) is 11.6 Å². The third-order valence-corrected chi connectivity index (χ3v) is 3.23. The Hall–Kier alpha value is -1.60. The summed E-state index contributed by atoms with van der Waals surface area (Å²) in [5.74, 6) is -1.09. The molecular weight excluding hydrogens is 256 g/mol. The summed E-state index contributed by atoms with van der Waals surface area (Å²) in [4.78, 5) is 21.7. The molecule has 0 heterocycles. The van der Waals surface area contributed by atoms with Gasteiger partial charge in [0.2, 0.25) is 0 Å². The van der Waals surface area contributed by atoms with Crippen LogP contribution in [0.15, 0.2) is 29.2 Å². The van der Waals surface area contributed by atoms with E-state index in [0.717, 1.165) is 11.9 Å². The predicted molar refractivity (Wildman–Crippen MR) is 68.4 cm³/mol. The topological polar surface area (TPSA) is 92.5 Å². The largest absolute Gasteiger partial charge is 0.480 e. The molecule has 1 atom stereocenters. The van der Waals surface area contributed by atoms with Crippen molar-refractivity contribution in [2.75, 3.05) is 0 Å². The standard InChI is InChI=1S/C11H14N2O4S/c1-7(2)10(11(14)15)12-18-9-6-4-3-5-8(9)13(16)17/h3-7,10,12H,1-2H3,(H,14,15)/t10-/m0/s1. The van der Waals surface area contributed by atoms with Crippen LogP contribution in [-0.4, -0.2) is 22.0 Å². The van der Waals surface area contributed by atoms with E-state index in [0.29, 0.717) is 4.90 Å². The Morgan fingerprint density at radius 3 is 2.56 bits per heavy atom. The zero-order valence-electron chi connectivity index (χ0n) is 9.99. The molecule has 0 aliphatic rings. The average Bonchev–Trinajstić information content (AvgIpc) is 2.28. The van der Waals surface area contributed by atoms with E-state index >= 15 is 0 Å². The minimum absolute atomic E-state index is 0.0390. The van der Waals surface area contributed by atoms with E-state index in [1.165, 1.54) is 6.07 Å². The number of para-hydroxylation sites is 1. The molecule has 1 rings (SSSR count). The Morgan fingerprint density at radius 2 is 2.06 bits per heavy atom. The van der Waals surface area contributed by atoms with E-state index in [1.807, 2.05) is 0 Å². The molecule has 18 heavy (non-hydrogen) atoms. The van der Waals surface area contributed by atoms with Crippen molar-refractivity contribution in [2.45, 2.75) is 24.8 Å². The Labute approximate surface area is 109 Å². The van der Waals surface area contributed by atoms with Crippen molar-refractivity contribution in [2.24, 2.45) is 5.92 Å². The highest BCUT2D eigenvalue weighted by Gasteiger charge is 2.22. The number of aliphatic carboxylic acids is 1. The van der Waals surface area contributed by atoms with Crippen LogP contribution in [0.25, 0.3) is 0 Å². The highest BCUT2D eigenvalue weighted by molar-refractivity contribution is 7.97. The summed E-state index contributed by atoms with van der Waals surface area (Å²) in [5, 5.41) is 19.8. The van der Waals surface area contributed by atoms with Crippen LogP contribution in [0.3, 0.4) is 0 Å². The number of carboxylic acids is 1. The maximum atomic E-state index is 11.0. The average molecular weight is 270 g/mol. The number of carbonyl (C=O) groups is 1. The molecule has 6 nitrogen and oxygen atoms in total. The van der Waals surface area contributed by atoms with Crippen LogP contribution in [0.1, 0.15) is 13.8 Å². The molecule has 0 spiro atoms. The second kappa shape index (κ2) is 6.36. The summed E-state index contributed by atoms with van der Waals surface area (Å²) in [6, 6.07) is 5.45. The molecule has 0 saturated heterocycles. The number of nitro benzene ring substituents is 1. The zero-order valence-corrected chi connectivity index (χ0v) is 10.8. The summed E-state index contributed by atoms with van der Waals surface area (Å²) in [6.45, 7) is 3.54. The predicted octanol–water partition coefficient (Wildman–Crippen LogP) is 2.30. The fourth-order valence-corrected chi connectivity index (χ4v) is 2.31. The first-order chi connectivity index (χ1) is 8.43. The van der Waals surface area contributed by atoms with Crippen molar-refractivity contribution < 1.29 is 14.8 Å². The van der Waals surface area contributed by atoms with Crippen LogP contribution in [0.5, 0.6) is 0 Å². The van der Waals surface area contributed by atoms with Gasteiger partial charge in [0.1, 0.15) is 10.9 Å². The van der Waals surface area contributed by atoms with Gasteiger partial charge in [0.25, 0.3) is 5.69 Å². The van der Waals surface area contributed by atoms with Gasteiger partial charge in [-0.2, -0.15) is 0 Å². The van der Waals surface area contributed by atoms with Gasteiger partial charge in [-0.25, -0.2) is 4.72 Å². The van der Waals surface area contributed by atoms with Crippen molar-refractivity contribution in [3.8, 4) is 0 Å². The Bertz CT molecular complexity index is 450. The smallest absolute Gasteiger partial charge is 0.321 e. The van der Waals surface area contributed by atoms with Gasteiger partial charge >= 0.3 is 5.97 Å². The van der Waals surface area contributed by atoms with Gasteiger partial charge in [0, 0.05) is 6.07 Å². The molecule has 98 valence electrons. The summed E-state index contributed by atoms with van der Waals surface area (Å²) >= 11 is 0.968. The van der Waals surface area contributed by atoms with Crippen LogP contribution in [-0.2, 0) is 4.79 Å². The van der Waals surface area contributed by atoms with Gasteiger partial charge in [-0.1, -0.05) is 26.0 Å². The quantitative estimate of drug-likeness (QED) is 0.468. The highest BCUT2D eigenvalue weighted by atomic mass is 32.2. The monoisotopic (exact) mass is 270 g/mol. The summed E-state index contributed by atoms with van der Waals surface area (Å²) in [7, 11) is 0. The van der Waals surface area contributed by atoms with E-state index in [2.05, 4.69) is 4.72 Å². The van der Waals surface area contributed by atoms with E-state index in [1.54, 1.807) is 32.0 Å². The van der Waals surface area contributed by atoms with Gasteiger partial charge in [-0.05, 0) is 23.9 Å². The first-order valence-electron chi connectivity index (χ1n) is 5.32. The Morgan fingerprint density at radius 1 is 1.44 bits per heavy atom. The van der Waals surface area contributed by atoms with Crippen LogP contribution in [0.4, 0.5) is 5.69 Å². The van der Waals surface area contributed by atoms with Crippen molar-refractivity contribution in [1.82, 2.24) is 4.72 Å². The maximum absolute atomic E-state index is 11.0. The lowest BCUT2D eigenvalue weighted by Gasteiger charge is -2.16. The number of rotatable bonds is 6. The number of nitro groups is 1. The van der Waals surface area contributed by atoms with E-state index in [9.17, 15) is 14.9 Å². The lowest BCUT2D eigenvalue weighted by Crippen LogP contribution is -2.36. The minimum atomic E-state index is -0.976. The van der Waals surface area contributed by atoms with Crippen molar-refractivity contribution in [3.63, 3.8) is 0 Å². The van der Waals surface area contributed by atoms with Crippen LogP contribution < -0.4 is 4.72 Å². The number of carboxylic acid groups (broad SMARTS) is 1. The van der Waals surface area contributed by atoms with Crippen molar-refractivity contribution in [3.05, 3.63) is 34.4 Å². The molecule has 0 radical (unpaired) electrons. The van der Waals surface area contributed by atoms with E-state index in [4.69, 9.17) is 5.11 Å². The van der Waals surface area contributed by atoms with Gasteiger partial charge in [0.05, 0.1) is 4.92 Å². The number of benzene rings is 1. The van der Waals surface area contributed by atoms with Crippen molar-refractivity contribution in [1.29, 1.82) is 0 Å². The molecule has 0 aliphatic heterocycles. The van der Waals surface area contributed by atoms with Crippen LogP contribution in [0.2, 0.25) is 0 Å². The number of nitrogens with one attached hydrogen (secondary N) is 1. The molecule has 7 heteroatoms. The maximum Gasteiger partial charge on any atom is 0.321 e. The van der Waals surface area contributed by atoms with Gasteiger partial charge < -0.3 is 5.11 Å². The molecule has 1 aromatic rings. The third kappa shape index (κ3) is 3.71. The molecule has 0 amide bonds. The fraction of sp³-hybridized carbons (Fsp3) is 0.364. The summed E-state index contributed by atoms with van der Waals surface area (Å²) in [5.41, 5.74) is -0.0390. The SMILES string of the molecule is CC(C)[C@H](NSc1ccccc1[N+](=O)[O-])C(=O)O. The lowest BCUT2D eigenvalue weighted by molar-refractivity contribution is -0.387. The number of hydrogen-bond acceptors (Lipinski definition) is 5. The second-order valence-corrected chi connectivity index (χ2v) is 4.88. The summed E-state index contributed by atoms with van der Waals surface area (Å²) in [6.07, 6.45) is 0. The van der Waals surface area contributed by atoms with Gasteiger partial charge in [-0.3, -0.25) is 14.9 Å². The fourth-order valence-electron chi connectivity index (χ4n) is 1.29. The molecule has 0 bridgehead atoms. The number of nitrogens with zero attached hydrogens (tertiary/aromatic N) is 1. The van der Waals surface area contributed by atoms with Gasteiger partial charge in [0.15, 0.2) is 0 Å². The molecule has 1 aromatic carbocycles. The molecule has 2 N–H and O–H groups in total. The van der Waals surface area contributed by atoms with Crippen LogP contribution in [0, 0.1) is 16.0 Å². The van der Waals surface area contributed by atoms with Crippen molar-refractivity contribution >= 4 is 23.6 Å². The van der Waals surface area contributed by atoms with Gasteiger partial charge in [-0.15, -0.1) is 0 Å². The molecule has 0 aromatic heterocycles. The van der Waals surface area contributed by atoms with E-state index < -0.39 is 16.9 Å². The molecule has 0 saturated carbocycles. The Kier molecular flexibility index (Phi) is 5.11. The first-order valence-corrected chi connectivity index (χ1v) is 6.13. The normalized spacial score (nSPS) is 12.4. The Balaban J connectivity index is 2.79. The molecule has 0 fully saturated rings. The summed E-state index contributed by atoms with van der Waals surface area (Å²) < 4.78 is 2.74. The number of hydrogen-bond donors (Lipinski definition) is 2. The molecule has 0 aliphatic carbocycles. The first kappa shape index (κ1) is 14.5. The van der Waals surface area contributed by atoms with Crippen LogP contribution >= 0.6 is 11.9 Å². The molecule has 0 unspecified atom stereocenters. The lowest BCUT2D eigenvalue weighted by atomic mass is 10.1. The second-order valence-electron chi connectivity index (χ2n) is 4.00. The zero-order chi connectivity index (χ0) is 13.7.